The average molecular weight is 285 g/mol. The second-order valence-corrected chi connectivity index (χ2v) is 6.02. The molecule has 2 N–H and O–H groups in total. The molecule has 1 unspecified atom stereocenters. The third-order valence-electron chi connectivity index (χ3n) is 3.53. The Bertz CT molecular complexity index is 748. The first-order valence-corrected chi connectivity index (χ1v) is 7.52. The smallest absolute Gasteiger partial charge is 0.124 e. The van der Waals surface area contributed by atoms with Crippen LogP contribution in [0.25, 0.3) is 10.1 Å². The predicted molar refractivity (Wildman–Crippen MR) is 83.6 cm³/mol. The van der Waals surface area contributed by atoms with Crippen molar-refractivity contribution >= 4 is 21.4 Å². The van der Waals surface area contributed by atoms with Gasteiger partial charge in [-0.15, -0.1) is 11.3 Å². The number of hydrogen-bond donors (Lipinski definition) is 1. The van der Waals surface area contributed by atoms with E-state index in [-0.39, 0.29) is 11.9 Å². The van der Waals surface area contributed by atoms with Crippen molar-refractivity contribution in [2.75, 3.05) is 0 Å². The minimum absolute atomic E-state index is 0.151. The summed E-state index contributed by atoms with van der Waals surface area (Å²) in [6, 6.07) is 15.1. The van der Waals surface area contributed by atoms with E-state index in [1.165, 1.54) is 11.6 Å². The highest BCUT2D eigenvalue weighted by Gasteiger charge is 2.13. The summed E-state index contributed by atoms with van der Waals surface area (Å²) < 4.78 is 14.2. The van der Waals surface area contributed by atoms with Gasteiger partial charge >= 0.3 is 0 Å². The molecule has 0 radical (unpaired) electrons. The second-order valence-electron chi connectivity index (χ2n) is 4.91. The summed E-state index contributed by atoms with van der Waals surface area (Å²) >= 11 is 1.56. The number of nitrogens with two attached hydrogens (primary N) is 1. The van der Waals surface area contributed by atoms with Crippen LogP contribution in [0.2, 0.25) is 0 Å². The lowest BCUT2D eigenvalue weighted by Crippen LogP contribution is -2.10. The fourth-order valence-corrected chi connectivity index (χ4v) is 3.47. The van der Waals surface area contributed by atoms with Crippen molar-refractivity contribution in [3.05, 3.63) is 70.4 Å². The first-order valence-electron chi connectivity index (χ1n) is 6.71. The summed E-state index contributed by atoms with van der Waals surface area (Å²) in [5.74, 6) is -0.201. The van der Waals surface area contributed by atoms with E-state index in [0.29, 0.717) is 0 Å². The van der Waals surface area contributed by atoms with Gasteiger partial charge in [-0.05, 0) is 41.1 Å². The zero-order valence-electron chi connectivity index (χ0n) is 11.3. The van der Waals surface area contributed by atoms with E-state index in [1.807, 2.05) is 6.07 Å². The third-order valence-corrected chi connectivity index (χ3v) is 4.71. The van der Waals surface area contributed by atoms with Gasteiger partial charge in [-0.3, -0.25) is 0 Å². The molecule has 3 heteroatoms. The van der Waals surface area contributed by atoms with Crippen molar-refractivity contribution in [3.8, 4) is 0 Å². The SMILES string of the molecule is CCc1cccc(C(N)c2cc3ccc(F)cc3s2)c1. The molecule has 102 valence electrons. The second kappa shape index (κ2) is 5.35. The van der Waals surface area contributed by atoms with Gasteiger partial charge < -0.3 is 5.73 Å². The molecule has 0 aliphatic carbocycles. The van der Waals surface area contributed by atoms with Crippen LogP contribution in [0.4, 0.5) is 4.39 Å². The van der Waals surface area contributed by atoms with E-state index in [4.69, 9.17) is 5.73 Å². The Labute approximate surface area is 121 Å². The lowest BCUT2D eigenvalue weighted by Gasteiger charge is -2.11. The van der Waals surface area contributed by atoms with E-state index in [1.54, 1.807) is 23.5 Å². The van der Waals surface area contributed by atoms with Crippen molar-refractivity contribution in [2.45, 2.75) is 19.4 Å². The molecular weight excluding hydrogens is 269 g/mol. The van der Waals surface area contributed by atoms with Crippen LogP contribution in [0, 0.1) is 5.82 Å². The molecule has 3 aromatic rings. The molecule has 1 heterocycles. The molecule has 1 atom stereocenters. The summed E-state index contributed by atoms with van der Waals surface area (Å²) in [6.07, 6.45) is 0.998. The monoisotopic (exact) mass is 285 g/mol. The average Bonchev–Trinajstić information content (AvgIpc) is 2.89. The topological polar surface area (TPSA) is 26.0 Å². The lowest BCUT2D eigenvalue weighted by atomic mass is 10.0. The van der Waals surface area contributed by atoms with Crippen LogP contribution in [-0.4, -0.2) is 0 Å². The zero-order valence-corrected chi connectivity index (χ0v) is 12.1. The molecule has 0 fully saturated rings. The van der Waals surface area contributed by atoms with Crippen LogP contribution in [0.5, 0.6) is 0 Å². The Morgan fingerprint density at radius 1 is 1.15 bits per heavy atom. The van der Waals surface area contributed by atoms with Gasteiger partial charge in [-0.1, -0.05) is 37.3 Å². The van der Waals surface area contributed by atoms with Crippen molar-refractivity contribution in [2.24, 2.45) is 5.73 Å². The van der Waals surface area contributed by atoms with Crippen molar-refractivity contribution in [1.29, 1.82) is 0 Å². The van der Waals surface area contributed by atoms with Gasteiger partial charge in [0.2, 0.25) is 0 Å². The van der Waals surface area contributed by atoms with Crippen LogP contribution in [-0.2, 0) is 6.42 Å². The van der Waals surface area contributed by atoms with Gasteiger partial charge in [-0.2, -0.15) is 0 Å². The number of fused-ring (bicyclic) bond motifs is 1. The Balaban J connectivity index is 2.00. The molecule has 0 aliphatic rings. The van der Waals surface area contributed by atoms with Crippen molar-refractivity contribution in [3.63, 3.8) is 0 Å². The summed E-state index contributed by atoms with van der Waals surface area (Å²) in [4.78, 5) is 1.07. The first-order chi connectivity index (χ1) is 9.67. The zero-order chi connectivity index (χ0) is 14.1. The number of halogens is 1. The van der Waals surface area contributed by atoms with Crippen molar-refractivity contribution < 1.29 is 4.39 Å². The molecule has 2 aromatic carbocycles. The van der Waals surface area contributed by atoms with E-state index >= 15 is 0 Å². The summed E-state index contributed by atoms with van der Waals surface area (Å²) in [6.45, 7) is 2.13. The molecular formula is C17H16FNS. The number of aryl methyl sites for hydroxylation is 1. The first kappa shape index (κ1) is 13.3. The van der Waals surface area contributed by atoms with Gasteiger partial charge in [0, 0.05) is 9.58 Å². The molecule has 0 bridgehead atoms. The van der Waals surface area contributed by atoms with E-state index in [0.717, 1.165) is 26.9 Å². The molecule has 0 aliphatic heterocycles. The quantitative estimate of drug-likeness (QED) is 0.744. The molecule has 0 saturated heterocycles. The predicted octanol–water partition coefficient (Wildman–Crippen LogP) is 4.65. The molecule has 3 rings (SSSR count). The van der Waals surface area contributed by atoms with Crippen molar-refractivity contribution in [1.82, 2.24) is 0 Å². The molecule has 0 spiro atoms. The molecule has 0 amide bonds. The molecule has 20 heavy (non-hydrogen) atoms. The van der Waals surface area contributed by atoms with E-state index in [2.05, 4.69) is 31.2 Å². The maximum Gasteiger partial charge on any atom is 0.124 e. The maximum absolute atomic E-state index is 13.2. The van der Waals surface area contributed by atoms with Crippen LogP contribution >= 0.6 is 11.3 Å². The number of rotatable bonds is 3. The van der Waals surface area contributed by atoms with Gasteiger partial charge in [0.15, 0.2) is 0 Å². The Morgan fingerprint density at radius 3 is 2.80 bits per heavy atom. The Kier molecular flexibility index (Phi) is 3.55. The van der Waals surface area contributed by atoms with Crippen LogP contribution in [0.15, 0.2) is 48.5 Å². The maximum atomic E-state index is 13.2. The standard InChI is InChI=1S/C17H16FNS/c1-2-11-4-3-5-13(8-11)17(19)16-9-12-6-7-14(18)10-15(12)20-16/h3-10,17H,2,19H2,1H3. The summed E-state index contributed by atoms with van der Waals surface area (Å²) in [5, 5.41) is 1.05. The highest BCUT2D eigenvalue weighted by Crippen LogP contribution is 2.32. The Hall–Kier alpha value is -1.71. The summed E-state index contributed by atoms with van der Waals surface area (Å²) in [5.41, 5.74) is 8.75. The minimum Gasteiger partial charge on any atom is -0.320 e. The van der Waals surface area contributed by atoms with E-state index < -0.39 is 0 Å². The number of thiophene rings is 1. The van der Waals surface area contributed by atoms with Gasteiger partial charge in [0.05, 0.1) is 6.04 Å². The van der Waals surface area contributed by atoms with E-state index in [9.17, 15) is 4.39 Å². The van der Waals surface area contributed by atoms with Gasteiger partial charge in [0.1, 0.15) is 5.82 Å². The largest absolute Gasteiger partial charge is 0.320 e. The fourth-order valence-electron chi connectivity index (χ4n) is 2.35. The highest BCUT2D eigenvalue weighted by atomic mass is 32.1. The minimum atomic E-state index is -0.201. The number of hydrogen-bond acceptors (Lipinski definition) is 2. The Morgan fingerprint density at radius 2 is 2.00 bits per heavy atom. The third kappa shape index (κ3) is 2.47. The van der Waals surface area contributed by atoms with Crippen LogP contribution in [0.1, 0.15) is 29.0 Å². The molecule has 0 saturated carbocycles. The van der Waals surface area contributed by atoms with Crippen LogP contribution < -0.4 is 5.73 Å². The van der Waals surface area contributed by atoms with Gasteiger partial charge in [-0.25, -0.2) is 4.39 Å². The van der Waals surface area contributed by atoms with Crippen LogP contribution in [0.3, 0.4) is 0 Å². The fraction of sp³-hybridized carbons (Fsp3) is 0.176. The summed E-state index contributed by atoms with van der Waals surface area (Å²) in [7, 11) is 0. The normalized spacial score (nSPS) is 12.8. The lowest BCUT2D eigenvalue weighted by molar-refractivity contribution is 0.630. The molecule has 1 aromatic heterocycles. The number of benzene rings is 2. The highest BCUT2D eigenvalue weighted by molar-refractivity contribution is 7.19. The molecule has 1 nitrogen and oxygen atoms in total. The van der Waals surface area contributed by atoms with Gasteiger partial charge in [0.25, 0.3) is 0 Å².